The van der Waals surface area contributed by atoms with Gasteiger partial charge in [-0.25, -0.2) is 0 Å². The zero-order valence-corrected chi connectivity index (χ0v) is 11.4. The van der Waals surface area contributed by atoms with Crippen LogP contribution in [-0.4, -0.2) is 29.5 Å². The van der Waals surface area contributed by atoms with Gasteiger partial charge in [0.05, 0.1) is 10.6 Å². The normalized spacial score (nSPS) is 13.3. The summed E-state index contributed by atoms with van der Waals surface area (Å²) in [6.07, 6.45) is 1.37. The lowest BCUT2D eigenvalue weighted by atomic mass is 10.2. The Balaban J connectivity index is 1.88. The minimum absolute atomic E-state index is 0.0770. The number of fused-ring (bicyclic) bond motifs is 1. The summed E-state index contributed by atoms with van der Waals surface area (Å²) in [5.41, 5.74) is 0.751. The Labute approximate surface area is 125 Å². The molecule has 0 amide bonds. The van der Waals surface area contributed by atoms with E-state index in [1.165, 1.54) is 24.4 Å². The van der Waals surface area contributed by atoms with E-state index in [0.29, 0.717) is 30.4 Å². The number of aromatic hydroxyl groups is 1. The van der Waals surface area contributed by atoms with Crippen molar-refractivity contribution >= 4 is 17.6 Å². The summed E-state index contributed by atoms with van der Waals surface area (Å²) in [6, 6.07) is 8.95. The van der Waals surface area contributed by atoms with Crippen molar-refractivity contribution in [2.45, 2.75) is 0 Å². The molecule has 0 radical (unpaired) electrons. The molecule has 112 valence electrons. The van der Waals surface area contributed by atoms with Crippen molar-refractivity contribution in [3.05, 3.63) is 52.1 Å². The Morgan fingerprint density at radius 2 is 1.91 bits per heavy atom. The third-order valence-corrected chi connectivity index (χ3v) is 3.10. The first-order valence-electron chi connectivity index (χ1n) is 6.54. The lowest BCUT2D eigenvalue weighted by Gasteiger charge is -2.18. The average molecular weight is 300 g/mol. The Morgan fingerprint density at radius 3 is 2.68 bits per heavy atom. The number of phenolic OH excluding ortho intramolecular Hbond substituents is 1. The van der Waals surface area contributed by atoms with Crippen LogP contribution in [0.2, 0.25) is 0 Å². The summed E-state index contributed by atoms with van der Waals surface area (Å²) in [5.74, 6) is 1.18. The fourth-order valence-electron chi connectivity index (χ4n) is 2.02. The van der Waals surface area contributed by atoms with E-state index in [4.69, 9.17) is 9.47 Å². The van der Waals surface area contributed by atoms with Crippen LogP contribution in [0.15, 0.2) is 41.4 Å². The molecule has 1 aliphatic rings. The van der Waals surface area contributed by atoms with Crippen molar-refractivity contribution in [1.29, 1.82) is 0 Å². The maximum absolute atomic E-state index is 10.7. The fraction of sp³-hybridized carbons (Fsp3) is 0.133. The summed E-state index contributed by atoms with van der Waals surface area (Å²) in [6.45, 7) is 0.989. The van der Waals surface area contributed by atoms with Crippen molar-refractivity contribution in [2.24, 2.45) is 4.99 Å². The Hall–Kier alpha value is -3.09. The van der Waals surface area contributed by atoms with Crippen LogP contribution in [0.25, 0.3) is 0 Å². The Kier molecular flexibility index (Phi) is 3.61. The second-order valence-corrected chi connectivity index (χ2v) is 4.59. The molecule has 2 aromatic rings. The summed E-state index contributed by atoms with van der Waals surface area (Å²) in [4.78, 5) is 14.4. The van der Waals surface area contributed by atoms with Gasteiger partial charge in [0, 0.05) is 30.0 Å². The van der Waals surface area contributed by atoms with Gasteiger partial charge < -0.3 is 14.6 Å². The molecule has 0 aliphatic carbocycles. The molecule has 2 aromatic carbocycles. The molecular weight excluding hydrogens is 288 g/mol. The van der Waals surface area contributed by atoms with Gasteiger partial charge in [-0.3, -0.25) is 15.1 Å². The van der Waals surface area contributed by atoms with E-state index >= 15 is 0 Å². The molecule has 1 N–H and O–H groups in total. The van der Waals surface area contributed by atoms with E-state index in [-0.39, 0.29) is 17.0 Å². The number of phenols is 1. The third kappa shape index (κ3) is 2.83. The highest BCUT2D eigenvalue weighted by atomic mass is 16.6. The molecule has 22 heavy (non-hydrogen) atoms. The fourth-order valence-corrected chi connectivity index (χ4v) is 2.02. The highest BCUT2D eigenvalue weighted by Crippen LogP contribution is 2.33. The largest absolute Gasteiger partial charge is 0.507 e. The minimum Gasteiger partial charge on any atom is -0.507 e. The molecule has 0 bridgehead atoms. The van der Waals surface area contributed by atoms with Gasteiger partial charge in [-0.15, -0.1) is 0 Å². The zero-order valence-electron chi connectivity index (χ0n) is 11.4. The van der Waals surface area contributed by atoms with E-state index in [9.17, 15) is 15.2 Å². The number of hydrogen-bond donors (Lipinski definition) is 1. The first-order chi connectivity index (χ1) is 10.6. The number of ether oxygens (including phenoxy) is 2. The number of nitro benzene ring substituents is 1. The molecule has 0 atom stereocenters. The van der Waals surface area contributed by atoms with E-state index in [1.807, 2.05) is 0 Å². The smallest absolute Gasteiger partial charge is 0.270 e. The van der Waals surface area contributed by atoms with Crippen LogP contribution >= 0.6 is 0 Å². The molecule has 0 saturated heterocycles. The monoisotopic (exact) mass is 300 g/mol. The van der Waals surface area contributed by atoms with Crippen LogP contribution in [-0.2, 0) is 0 Å². The van der Waals surface area contributed by atoms with Crippen LogP contribution in [0.1, 0.15) is 5.56 Å². The van der Waals surface area contributed by atoms with Gasteiger partial charge in [0.1, 0.15) is 19.0 Å². The van der Waals surface area contributed by atoms with Crippen molar-refractivity contribution in [3.63, 3.8) is 0 Å². The first-order valence-corrected chi connectivity index (χ1v) is 6.54. The van der Waals surface area contributed by atoms with Crippen molar-refractivity contribution in [1.82, 2.24) is 0 Å². The van der Waals surface area contributed by atoms with Gasteiger partial charge in [0.25, 0.3) is 5.69 Å². The Bertz CT molecular complexity index is 758. The SMILES string of the molecule is O=[N+]([O-])c1ccc(O)c(C=Nc2ccc3c(c2)OCCO3)c1. The van der Waals surface area contributed by atoms with Gasteiger partial charge >= 0.3 is 0 Å². The van der Waals surface area contributed by atoms with E-state index in [0.717, 1.165) is 0 Å². The van der Waals surface area contributed by atoms with Gasteiger partial charge in [-0.2, -0.15) is 0 Å². The minimum atomic E-state index is -0.527. The number of non-ortho nitro benzene ring substituents is 1. The first kappa shape index (κ1) is 13.9. The Morgan fingerprint density at radius 1 is 1.14 bits per heavy atom. The highest BCUT2D eigenvalue weighted by Gasteiger charge is 2.12. The third-order valence-electron chi connectivity index (χ3n) is 3.10. The number of rotatable bonds is 3. The van der Waals surface area contributed by atoms with Gasteiger partial charge in [-0.1, -0.05) is 0 Å². The second kappa shape index (κ2) is 5.72. The van der Waals surface area contributed by atoms with Crippen molar-refractivity contribution in [2.75, 3.05) is 13.2 Å². The van der Waals surface area contributed by atoms with Gasteiger partial charge in [-0.05, 0) is 18.2 Å². The predicted octanol–water partition coefficient (Wildman–Crippen LogP) is 2.82. The van der Waals surface area contributed by atoms with Crippen molar-refractivity contribution < 1.29 is 19.5 Å². The van der Waals surface area contributed by atoms with Gasteiger partial charge in [0.2, 0.25) is 0 Å². The summed E-state index contributed by atoms with van der Waals surface area (Å²) >= 11 is 0. The van der Waals surface area contributed by atoms with Gasteiger partial charge in [0.15, 0.2) is 11.5 Å². The average Bonchev–Trinajstić information content (AvgIpc) is 2.53. The highest BCUT2D eigenvalue weighted by molar-refractivity contribution is 5.86. The summed E-state index contributed by atoms with van der Waals surface area (Å²) in [7, 11) is 0. The predicted molar refractivity (Wildman–Crippen MR) is 79.4 cm³/mol. The quantitative estimate of drug-likeness (QED) is 0.534. The van der Waals surface area contributed by atoms with Crippen molar-refractivity contribution in [3.8, 4) is 17.2 Å². The number of hydrogen-bond acceptors (Lipinski definition) is 6. The van der Waals surface area contributed by atoms with Crippen LogP contribution < -0.4 is 9.47 Å². The number of aliphatic imine (C=N–C) groups is 1. The number of benzene rings is 2. The van der Waals surface area contributed by atoms with Crippen LogP contribution in [0, 0.1) is 10.1 Å². The van der Waals surface area contributed by atoms with Crippen LogP contribution in [0.5, 0.6) is 17.2 Å². The molecule has 3 rings (SSSR count). The molecule has 7 heteroatoms. The van der Waals surface area contributed by atoms with E-state index < -0.39 is 4.92 Å². The molecule has 1 aliphatic heterocycles. The molecule has 1 heterocycles. The number of nitro groups is 1. The molecule has 7 nitrogen and oxygen atoms in total. The molecule has 0 unspecified atom stereocenters. The lowest BCUT2D eigenvalue weighted by molar-refractivity contribution is -0.384. The number of nitrogens with zero attached hydrogens (tertiary/aromatic N) is 2. The van der Waals surface area contributed by atoms with E-state index in [1.54, 1.807) is 18.2 Å². The topological polar surface area (TPSA) is 94.2 Å². The molecule has 0 spiro atoms. The summed E-state index contributed by atoms with van der Waals surface area (Å²) < 4.78 is 10.9. The second-order valence-electron chi connectivity index (χ2n) is 4.59. The molecule has 0 saturated carbocycles. The molecular formula is C15H12N2O5. The summed E-state index contributed by atoms with van der Waals surface area (Å²) in [5, 5.41) is 20.5. The van der Waals surface area contributed by atoms with Crippen LogP contribution in [0.4, 0.5) is 11.4 Å². The molecule has 0 aromatic heterocycles. The van der Waals surface area contributed by atoms with Crippen LogP contribution in [0.3, 0.4) is 0 Å². The maximum Gasteiger partial charge on any atom is 0.270 e. The lowest BCUT2D eigenvalue weighted by Crippen LogP contribution is -2.14. The zero-order chi connectivity index (χ0) is 15.5. The maximum atomic E-state index is 10.7. The van der Waals surface area contributed by atoms with E-state index in [2.05, 4.69) is 4.99 Å². The molecule has 0 fully saturated rings. The standard InChI is InChI=1S/C15H12N2O5/c18-13-3-2-12(17(19)20)7-10(13)9-16-11-1-4-14-15(8-11)22-6-5-21-14/h1-4,7-9,18H,5-6H2.